The first-order chi connectivity index (χ1) is 16.5. The predicted octanol–water partition coefficient (Wildman–Crippen LogP) is 4.78. The quantitative estimate of drug-likeness (QED) is 0.444. The number of benzene rings is 2. The van der Waals surface area contributed by atoms with Crippen molar-refractivity contribution in [3.8, 4) is 16.9 Å². The first-order valence-electron chi connectivity index (χ1n) is 10.9. The molecule has 9 heteroatoms. The summed E-state index contributed by atoms with van der Waals surface area (Å²) in [5.41, 5.74) is 3.22. The zero-order valence-electron chi connectivity index (χ0n) is 18.5. The molecule has 1 saturated heterocycles. The minimum atomic E-state index is -0.474. The molecule has 5 rings (SSSR count). The first kappa shape index (κ1) is 22.3. The lowest BCUT2D eigenvalue weighted by atomic mass is 9.99. The zero-order chi connectivity index (χ0) is 23.7. The molecule has 0 bridgehead atoms. The number of rotatable bonds is 5. The third kappa shape index (κ3) is 4.34. The number of nitrogens with one attached hydrogen (secondary N) is 1. The van der Waals surface area contributed by atoms with Crippen molar-refractivity contribution in [3.05, 3.63) is 76.3 Å². The number of carbonyl (C=O) groups excluding carboxylic acids is 1. The van der Waals surface area contributed by atoms with Crippen LogP contribution < -0.4 is 4.74 Å². The summed E-state index contributed by atoms with van der Waals surface area (Å²) in [6.45, 7) is 3.98. The number of hydrogen-bond donors (Lipinski definition) is 1. The van der Waals surface area contributed by atoms with Gasteiger partial charge in [0, 0.05) is 46.4 Å². The average Bonchev–Trinajstić information content (AvgIpc) is 3.28. The highest BCUT2D eigenvalue weighted by Crippen LogP contribution is 2.37. The molecule has 34 heavy (non-hydrogen) atoms. The minimum Gasteiger partial charge on any atom is -0.487 e. The van der Waals surface area contributed by atoms with E-state index in [9.17, 15) is 4.79 Å². The van der Waals surface area contributed by atoms with E-state index in [2.05, 4.69) is 15.2 Å². The fourth-order valence-corrected chi connectivity index (χ4v) is 4.13. The van der Waals surface area contributed by atoms with Crippen molar-refractivity contribution in [2.45, 2.75) is 13.5 Å². The Morgan fingerprint density at radius 3 is 2.85 bits per heavy atom. The number of halogens is 2. The summed E-state index contributed by atoms with van der Waals surface area (Å²) in [4.78, 5) is 18.9. The lowest BCUT2D eigenvalue weighted by molar-refractivity contribution is 0.0303. The molecule has 0 saturated carbocycles. The number of hydrogen-bond acceptors (Lipinski definition) is 5. The van der Waals surface area contributed by atoms with Crippen LogP contribution in [0.5, 0.6) is 5.75 Å². The summed E-state index contributed by atoms with van der Waals surface area (Å²) in [5, 5.41) is 8.48. The molecule has 1 N–H and O–H groups in total. The van der Waals surface area contributed by atoms with Gasteiger partial charge in [0.1, 0.15) is 23.9 Å². The van der Waals surface area contributed by atoms with Crippen LogP contribution in [-0.2, 0) is 11.3 Å². The van der Waals surface area contributed by atoms with E-state index in [0.29, 0.717) is 59.5 Å². The van der Waals surface area contributed by atoms with Gasteiger partial charge in [0.25, 0.3) is 5.91 Å². The standard InChI is InChI=1S/C25H22ClFN4O3/c1-15-11-23(34-14-22-17-3-2-6-28-24(17)30-29-22)19(13-20(15)26)18-12-16(4-5-21(18)27)25(32)31-7-9-33-10-8-31/h2-6,11-13H,7-10,14H2,1H3,(H,28,29,30). The number of aromatic nitrogens is 3. The van der Waals surface area contributed by atoms with Gasteiger partial charge in [0.05, 0.1) is 13.2 Å². The highest BCUT2D eigenvalue weighted by atomic mass is 35.5. The second-order valence-electron chi connectivity index (χ2n) is 8.06. The van der Waals surface area contributed by atoms with Gasteiger partial charge in [-0.25, -0.2) is 9.37 Å². The lowest BCUT2D eigenvalue weighted by Gasteiger charge is -2.27. The molecule has 3 heterocycles. The van der Waals surface area contributed by atoms with E-state index in [1.54, 1.807) is 29.3 Å². The fourth-order valence-electron chi connectivity index (χ4n) is 3.96. The van der Waals surface area contributed by atoms with Gasteiger partial charge >= 0.3 is 0 Å². The normalized spacial score (nSPS) is 13.9. The molecule has 1 amide bonds. The molecule has 1 aliphatic heterocycles. The highest BCUT2D eigenvalue weighted by molar-refractivity contribution is 6.31. The van der Waals surface area contributed by atoms with Crippen molar-refractivity contribution in [1.29, 1.82) is 0 Å². The maximum atomic E-state index is 15.0. The molecule has 2 aromatic carbocycles. The van der Waals surface area contributed by atoms with Gasteiger partial charge in [-0.1, -0.05) is 11.6 Å². The van der Waals surface area contributed by atoms with Crippen LogP contribution in [0.1, 0.15) is 21.6 Å². The Morgan fingerprint density at radius 2 is 2.03 bits per heavy atom. The molecule has 0 atom stereocenters. The molecule has 2 aromatic heterocycles. The minimum absolute atomic E-state index is 0.147. The Morgan fingerprint density at radius 1 is 1.21 bits per heavy atom. The fraction of sp³-hybridized carbons (Fsp3) is 0.240. The SMILES string of the molecule is Cc1cc(OCc2n[nH]c3ncccc23)c(-c2cc(C(=O)N3CCOCC3)ccc2F)cc1Cl. The van der Waals surface area contributed by atoms with Crippen molar-refractivity contribution in [1.82, 2.24) is 20.1 Å². The second-order valence-corrected chi connectivity index (χ2v) is 8.46. The zero-order valence-corrected chi connectivity index (χ0v) is 19.2. The van der Waals surface area contributed by atoms with Crippen molar-refractivity contribution in [2.24, 2.45) is 0 Å². The summed E-state index contributed by atoms with van der Waals surface area (Å²) in [5.74, 6) is -0.199. The van der Waals surface area contributed by atoms with Crippen molar-refractivity contribution < 1.29 is 18.7 Å². The molecule has 1 fully saturated rings. The Kier molecular flexibility index (Phi) is 6.17. The van der Waals surface area contributed by atoms with E-state index in [-0.39, 0.29) is 18.1 Å². The van der Waals surface area contributed by atoms with Crippen LogP contribution in [-0.4, -0.2) is 52.3 Å². The van der Waals surface area contributed by atoms with Gasteiger partial charge in [-0.15, -0.1) is 0 Å². The summed E-state index contributed by atoms with van der Waals surface area (Å²) >= 11 is 6.40. The number of aromatic amines is 1. The monoisotopic (exact) mass is 480 g/mol. The molecule has 0 radical (unpaired) electrons. The van der Waals surface area contributed by atoms with E-state index in [0.717, 1.165) is 10.9 Å². The highest BCUT2D eigenvalue weighted by Gasteiger charge is 2.21. The topological polar surface area (TPSA) is 80.3 Å². The van der Waals surface area contributed by atoms with E-state index in [1.165, 1.54) is 12.1 Å². The lowest BCUT2D eigenvalue weighted by Crippen LogP contribution is -2.40. The van der Waals surface area contributed by atoms with Gasteiger partial charge in [-0.3, -0.25) is 9.89 Å². The van der Waals surface area contributed by atoms with Crippen LogP contribution in [0.15, 0.2) is 48.7 Å². The number of amides is 1. The largest absolute Gasteiger partial charge is 0.487 e. The van der Waals surface area contributed by atoms with E-state index >= 15 is 4.39 Å². The van der Waals surface area contributed by atoms with Crippen LogP contribution in [0.3, 0.4) is 0 Å². The van der Waals surface area contributed by atoms with Crippen LogP contribution in [0.2, 0.25) is 5.02 Å². The molecular formula is C25H22ClFN4O3. The molecule has 4 aromatic rings. The first-order valence-corrected chi connectivity index (χ1v) is 11.3. The molecule has 174 valence electrons. The van der Waals surface area contributed by atoms with Crippen LogP contribution in [0, 0.1) is 12.7 Å². The number of aryl methyl sites for hydroxylation is 1. The van der Waals surface area contributed by atoms with Gasteiger partial charge < -0.3 is 14.4 Å². The predicted molar refractivity (Wildman–Crippen MR) is 127 cm³/mol. The van der Waals surface area contributed by atoms with Crippen LogP contribution in [0.25, 0.3) is 22.2 Å². The van der Waals surface area contributed by atoms with Crippen molar-refractivity contribution in [3.63, 3.8) is 0 Å². The number of nitrogens with zero attached hydrogens (tertiary/aromatic N) is 3. The van der Waals surface area contributed by atoms with Crippen LogP contribution in [0.4, 0.5) is 4.39 Å². The van der Waals surface area contributed by atoms with Gasteiger partial charge in [0.2, 0.25) is 0 Å². The van der Waals surface area contributed by atoms with Gasteiger partial charge in [-0.2, -0.15) is 5.10 Å². The number of fused-ring (bicyclic) bond motifs is 1. The van der Waals surface area contributed by atoms with Gasteiger partial charge in [-0.05, 0) is 55.0 Å². The van der Waals surface area contributed by atoms with Crippen LogP contribution >= 0.6 is 11.6 Å². The van der Waals surface area contributed by atoms with E-state index < -0.39 is 5.82 Å². The number of H-pyrrole nitrogens is 1. The number of ether oxygens (including phenoxy) is 2. The second kappa shape index (κ2) is 9.40. The summed E-state index contributed by atoms with van der Waals surface area (Å²) in [6, 6.07) is 11.5. The third-order valence-electron chi connectivity index (χ3n) is 5.84. The molecular weight excluding hydrogens is 459 g/mol. The Labute approximate surface area is 200 Å². The van der Waals surface area contributed by atoms with E-state index in [1.807, 2.05) is 19.1 Å². The van der Waals surface area contributed by atoms with Crippen molar-refractivity contribution >= 4 is 28.5 Å². The Hall–Kier alpha value is -3.49. The van der Waals surface area contributed by atoms with Crippen molar-refractivity contribution in [2.75, 3.05) is 26.3 Å². The smallest absolute Gasteiger partial charge is 0.254 e. The number of morpholine rings is 1. The van der Waals surface area contributed by atoms with Gasteiger partial charge in [0.15, 0.2) is 5.65 Å². The Bertz CT molecular complexity index is 1370. The summed E-state index contributed by atoms with van der Waals surface area (Å²) in [7, 11) is 0. The number of pyridine rings is 1. The van der Waals surface area contributed by atoms with E-state index in [4.69, 9.17) is 21.1 Å². The summed E-state index contributed by atoms with van der Waals surface area (Å²) in [6.07, 6.45) is 1.68. The maximum Gasteiger partial charge on any atom is 0.254 e. The molecule has 7 nitrogen and oxygen atoms in total. The third-order valence-corrected chi connectivity index (χ3v) is 6.25. The Balaban J connectivity index is 1.49. The molecule has 1 aliphatic rings. The summed E-state index contributed by atoms with van der Waals surface area (Å²) < 4.78 is 26.5. The molecule has 0 unspecified atom stereocenters. The molecule has 0 spiro atoms. The molecule has 0 aliphatic carbocycles. The number of carbonyl (C=O) groups is 1. The maximum absolute atomic E-state index is 15.0. The average molecular weight is 481 g/mol.